The maximum absolute atomic E-state index is 13.2. The molecule has 0 spiro atoms. The number of nitrogens with zero attached hydrogens (tertiary/aromatic N) is 3. The molecule has 1 aliphatic heterocycles. The number of aromatic nitrogens is 3. The first-order chi connectivity index (χ1) is 15.1. The molecule has 1 saturated carbocycles. The van der Waals surface area contributed by atoms with Gasteiger partial charge in [-0.25, -0.2) is 8.78 Å². The van der Waals surface area contributed by atoms with E-state index in [2.05, 4.69) is 21.7 Å². The number of fused-ring (bicyclic) bond motifs is 2. The minimum absolute atomic E-state index is 0.0883. The minimum Gasteiger partial charge on any atom is -0.338 e. The number of hydrogen-bond donors (Lipinski definition) is 3. The molecule has 1 aromatic carbocycles. The van der Waals surface area contributed by atoms with E-state index >= 15 is 0 Å². The second-order valence-corrected chi connectivity index (χ2v) is 8.18. The maximum atomic E-state index is 13.2. The van der Waals surface area contributed by atoms with E-state index in [1.807, 2.05) is 10.7 Å². The van der Waals surface area contributed by atoms with Gasteiger partial charge < -0.3 is 15.6 Å². The summed E-state index contributed by atoms with van der Waals surface area (Å²) in [6.45, 7) is 0.363. The number of anilines is 2. The molecule has 3 atom stereocenters. The molecule has 0 bridgehead atoms. The molecule has 1 fully saturated rings. The van der Waals surface area contributed by atoms with Crippen LogP contribution >= 0.6 is 0 Å². The Hall–Kier alpha value is -3.25. The van der Waals surface area contributed by atoms with Gasteiger partial charge in [-0.05, 0) is 42.2 Å². The van der Waals surface area contributed by atoms with Crippen molar-refractivity contribution < 1.29 is 8.78 Å². The van der Waals surface area contributed by atoms with Crippen molar-refractivity contribution >= 4 is 22.4 Å². The Morgan fingerprint density at radius 2 is 2.10 bits per heavy atom. The van der Waals surface area contributed by atoms with E-state index in [-0.39, 0.29) is 17.5 Å². The molecular weight excluding hydrogens is 402 g/mol. The lowest BCUT2D eigenvalue weighted by Gasteiger charge is -2.27. The van der Waals surface area contributed by atoms with Gasteiger partial charge in [-0.15, -0.1) is 0 Å². The lowest BCUT2D eigenvalue weighted by atomic mass is 9.85. The van der Waals surface area contributed by atoms with Crippen molar-refractivity contribution in [3.63, 3.8) is 0 Å². The first kappa shape index (κ1) is 19.7. The Bertz CT molecular complexity index is 1230. The molecule has 7 nitrogen and oxygen atoms in total. The quantitative estimate of drug-likeness (QED) is 0.585. The van der Waals surface area contributed by atoms with Crippen molar-refractivity contribution in [2.24, 2.45) is 5.92 Å². The molecule has 9 heteroatoms. The van der Waals surface area contributed by atoms with Crippen molar-refractivity contribution in [1.82, 2.24) is 20.1 Å². The van der Waals surface area contributed by atoms with Gasteiger partial charge in [0, 0.05) is 18.4 Å². The summed E-state index contributed by atoms with van der Waals surface area (Å²) in [4.78, 5) is 15.3. The SMILES string of the molecule is N#CC1CCCC[C@@H]1n1nc(Nc2ccc3c(c2)CNC3C(F)F)c2c(=O)[nH]ccc21. The molecule has 3 heterocycles. The predicted octanol–water partition coefficient (Wildman–Crippen LogP) is 4.13. The van der Waals surface area contributed by atoms with Gasteiger partial charge in [-0.2, -0.15) is 10.4 Å². The van der Waals surface area contributed by atoms with E-state index < -0.39 is 12.5 Å². The predicted molar refractivity (Wildman–Crippen MR) is 112 cm³/mol. The number of nitriles is 1. The second kappa shape index (κ2) is 7.78. The van der Waals surface area contributed by atoms with Gasteiger partial charge in [0.05, 0.1) is 29.6 Å². The molecule has 1 aliphatic carbocycles. The third kappa shape index (κ3) is 3.37. The Balaban J connectivity index is 1.54. The van der Waals surface area contributed by atoms with Gasteiger partial charge in [0.2, 0.25) is 0 Å². The maximum Gasteiger partial charge on any atom is 0.261 e. The van der Waals surface area contributed by atoms with E-state index in [0.29, 0.717) is 34.5 Å². The number of pyridine rings is 1. The average Bonchev–Trinajstić information content (AvgIpc) is 3.36. The molecule has 2 aromatic heterocycles. The van der Waals surface area contributed by atoms with Crippen LogP contribution in [0, 0.1) is 17.2 Å². The summed E-state index contributed by atoms with van der Waals surface area (Å²) in [7, 11) is 0. The number of halogens is 2. The fourth-order valence-corrected chi connectivity index (χ4v) is 4.83. The lowest BCUT2D eigenvalue weighted by molar-refractivity contribution is 0.103. The molecule has 0 radical (unpaired) electrons. The molecule has 2 aliphatic rings. The summed E-state index contributed by atoms with van der Waals surface area (Å²) >= 11 is 0. The van der Waals surface area contributed by atoms with E-state index in [1.54, 1.807) is 24.4 Å². The van der Waals surface area contributed by atoms with Gasteiger partial charge >= 0.3 is 0 Å². The monoisotopic (exact) mass is 424 g/mol. The first-order valence-corrected chi connectivity index (χ1v) is 10.5. The highest BCUT2D eigenvalue weighted by molar-refractivity contribution is 5.91. The van der Waals surface area contributed by atoms with Gasteiger partial charge in [-0.1, -0.05) is 18.9 Å². The second-order valence-electron chi connectivity index (χ2n) is 8.18. The minimum atomic E-state index is -2.47. The lowest BCUT2D eigenvalue weighted by Crippen LogP contribution is -2.23. The highest BCUT2D eigenvalue weighted by atomic mass is 19.3. The van der Waals surface area contributed by atoms with E-state index in [0.717, 1.165) is 31.2 Å². The van der Waals surface area contributed by atoms with Crippen LogP contribution in [0.4, 0.5) is 20.3 Å². The van der Waals surface area contributed by atoms with E-state index in [1.165, 1.54) is 0 Å². The fourth-order valence-electron chi connectivity index (χ4n) is 4.83. The summed E-state index contributed by atoms with van der Waals surface area (Å²) in [6, 6.07) is 8.37. The van der Waals surface area contributed by atoms with Gasteiger partial charge in [0.1, 0.15) is 5.39 Å². The number of nitrogens with one attached hydrogen (secondary N) is 3. The number of aromatic amines is 1. The molecular formula is C22H22F2N6O. The van der Waals surface area contributed by atoms with Gasteiger partial charge in [0.15, 0.2) is 5.82 Å². The Morgan fingerprint density at radius 1 is 1.26 bits per heavy atom. The summed E-state index contributed by atoms with van der Waals surface area (Å²) in [5, 5.41) is 20.8. The average molecular weight is 424 g/mol. The zero-order valence-corrected chi connectivity index (χ0v) is 16.7. The van der Waals surface area contributed by atoms with Crippen LogP contribution in [0.5, 0.6) is 0 Å². The molecule has 3 aromatic rings. The van der Waals surface area contributed by atoms with Gasteiger partial charge in [0.25, 0.3) is 12.0 Å². The zero-order valence-electron chi connectivity index (χ0n) is 16.7. The number of rotatable bonds is 4. The smallest absolute Gasteiger partial charge is 0.261 e. The number of benzene rings is 1. The van der Waals surface area contributed by atoms with E-state index in [4.69, 9.17) is 5.10 Å². The molecule has 160 valence electrons. The molecule has 2 unspecified atom stereocenters. The van der Waals surface area contributed by atoms with Crippen LogP contribution in [0.2, 0.25) is 0 Å². The highest BCUT2D eigenvalue weighted by Gasteiger charge is 2.31. The Morgan fingerprint density at radius 3 is 2.90 bits per heavy atom. The summed E-state index contributed by atoms with van der Waals surface area (Å²) in [6.07, 6.45) is 2.80. The van der Waals surface area contributed by atoms with Crippen molar-refractivity contribution in [1.29, 1.82) is 5.26 Å². The van der Waals surface area contributed by atoms with Crippen molar-refractivity contribution in [3.8, 4) is 6.07 Å². The fraction of sp³-hybridized carbons (Fsp3) is 0.409. The Kier molecular flexibility index (Phi) is 4.94. The van der Waals surface area contributed by atoms with Crippen molar-refractivity contribution in [3.05, 3.63) is 51.9 Å². The largest absolute Gasteiger partial charge is 0.338 e. The van der Waals surface area contributed by atoms with Crippen LogP contribution in [-0.2, 0) is 6.54 Å². The van der Waals surface area contributed by atoms with Crippen LogP contribution in [0.15, 0.2) is 35.3 Å². The number of alkyl halides is 2. The Labute approximate surface area is 177 Å². The van der Waals surface area contributed by atoms with E-state index in [9.17, 15) is 18.8 Å². The number of H-pyrrole nitrogens is 1. The third-order valence-corrected chi connectivity index (χ3v) is 6.34. The van der Waals surface area contributed by atoms with Crippen molar-refractivity contribution in [2.45, 2.75) is 50.7 Å². The van der Waals surface area contributed by atoms with Crippen LogP contribution < -0.4 is 16.2 Å². The normalized spacial score (nSPS) is 23.1. The molecule has 0 saturated heterocycles. The van der Waals surface area contributed by atoms with Gasteiger partial charge in [-0.3, -0.25) is 9.48 Å². The molecule has 3 N–H and O–H groups in total. The van der Waals surface area contributed by atoms with Crippen LogP contribution in [0.3, 0.4) is 0 Å². The zero-order chi connectivity index (χ0) is 21.5. The first-order valence-electron chi connectivity index (χ1n) is 10.5. The third-order valence-electron chi connectivity index (χ3n) is 6.34. The molecule has 31 heavy (non-hydrogen) atoms. The highest BCUT2D eigenvalue weighted by Crippen LogP contribution is 2.37. The van der Waals surface area contributed by atoms with Crippen LogP contribution in [0.25, 0.3) is 10.9 Å². The summed E-state index contributed by atoms with van der Waals surface area (Å²) < 4.78 is 28.2. The molecule has 5 rings (SSSR count). The topological polar surface area (TPSA) is 98.5 Å². The summed E-state index contributed by atoms with van der Waals surface area (Å²) in [5.74, 6) is 0.247. The molecule has 0 amide bonds. The summed E-state index contributed by atoms with van der Waals surface area (Å²) in [5.41, 5.74) is 2.47. The number of hydrogen-bond acceptors (Lipinski definition) is 5. The standard InChI is InChI=1S/C22H22F2N6O/c23-20(24)19-15-6-5-14(9-13(15)11-27-19)28-21-18-17(7-8-26-22(18)31)30(29-21)16-4-2-1-3-12(16)10-25/h5-9,12,16,19-20,27H,1-4,11H2,(H,26,31)(H,28,29)/t12?,16-,19?/m0/s1. The van der Waals surface area contributed by atoms with Crippen LogP contribution in [0.1, 0.15) is 48.9 Å². The van der Waals surface area contributed by atoms with Crippen molar-refractivity contribution in [2.75, 3.05) is 5.32 Å². The van der Waals surface area contributed by atoms with Crippen LogP contribution in [-0.4, -0.2) is 21.2 Å².